The lowest BCUT2D eigenvalue weighted by Gasteiger charge is -2.30. The lowest BCUT2D eigenvalue weighted by molar-refractivity contribution is 0.242. The van der Waals surface area contributed by atoms with E-state index in [1.807, 2.05) is 26.0 Å². The molecule has 2 rings (SSSR count). The van der Waals surface area contributed by atoms with E-state index in [1.54, 1.807) is 0 Å². The number of nitrogens with two attached hydrogens (primary N) is 1. The van der Waals surface area contributed by atoms with Crippen LogP contribution in [0.25, 0.3) is 0 Å². The van der Waals surface area contributed by atoms with Crippen LogP contribution in [0.5, 0.6) is 5.75 Å². The van der Waals surface area contributed by atoms with Crippen molar-refractivity contribution in [3.8, 4) is 5.75 Å². The summed E-state index contributed by atoms with van der Waals surface area (Å²) in [5.41, 5.74) is 4.28. The van der Waals surface area contributed by atoms with Crippen molar-refractivity contribution in [1.82, 2.24) is 5.43 Å². The lowest BCUT2D eigenvalue weighted by atomic mass is 9.81. The Kier molecular flexibility index (Phi) is 5.23. The van der Waals surface area contributed by atoms with Crippen LogP contribution in [-0.2, 0) is 0 Å². The van der Waals surface area contributed by atoms with Crippen molar-refractivity contribution < 1.29 is 4.74 Å². The second-order valence-corrected chi connectivity index (χ2v) is 5.78. The SMILES string of the molecule is CC(C)Oc1ccc(C(NN)C2CCCCC2)cc1. The monoisotopic (exact) mass is 262 g/mol. The first-order valence-electron chi connectivity index (χ1n) is 7.43. The minimum Gasteiger partial charge on any atom is -0.491 e. The van der Waals surface area contributed by atoms with Gasteiger partial charge in [-0.25, -0.2) is 0 Å². The predicted molar refractivity (Wildman–Crippen MR) is 78.8 cm³/mol. The van der Waals surface area contributed by atoms with Crippen molar-refractivity contribution in [2.75, 3.05) is 0 Å². The molecule has 106 valence electrons. The summed E-state index contributed by atoms with van der Waals surface area (Å²) in [6, 6.07) is 8.63. The Morgan fingerprint density at radius 3 is 2.26 bits per heavy atom. The summed E-state index contributed by atoms with van der Waals surface area (Å²) in [7, 11) is 0. The van der Waals surface area contributed by atoms with Gasteiger partial charge in [0.25, 0.3) is 0 Å². The van der Waals surface area contributed by atoms with Gasteiger partial charge in [-0.1, -0.05) is 31.4 Å². The predicted octanol–water partition coefficient (Wildman–Crippen LogP) is 3.56. The van der Waals surface area contributed by atoms with E-state index in [-0.39, 0.29) is 12.1 Å². The van der Waals surface area contributed by atoms with Crippen LogP contribution in [0.3, 0.4) is 0 Å². The smallest absolute Gasteiger partial charge is 0.119 e. The molecule has 0 aliphatic heterocycles. The van der Waals surface area contributed by atoms with Gasteiger partial charge in [0.1, 0.15) is 5.75 Å². The zero-order valence-corrected chi connectivity index (χ0v) is 12.1. The van der Waals surface area contributed by atoms with Gasteiger partial charge >= 0.3 is 0 Å². The van der Waals surface area contributed by atoms with Gasteiger partial charge < -0.3 is 4.74 Å². The van der Waals surface area contributed by atoms with Gasteiger partial charge in [-0.2, -0.15) is 0 Å². The van der Waals surface area contributed by atoms with Gasteiger partial charge in [-0.05, 0) is 50.3 Å². The van der Waals surface area contributed by atoms with Gasteiger partial charge in [0.2, 0.25) is 0 Å². The van der Waals surface area contributed by atoms with Crippen LogP contribution in [0.4, 0.5) is 0 Å². The second-order valence-electron chi connectivity index (χ2n) is 5.78. The van der Waals surface area contributed by atoms with Crippen molar-refractivity contribution in [1.29, 1.82) is 0 Å². The molecule has 1 aromatic rings. The van der Waals surface area contributed by atoms with Crippen LogP contribution >= 0.6 is 0 Å². The lowest BCUT2D eigenvalue weighted by Crippen LogP contribution is -2.34. The fraction of sp³-hybridized carbons (Fsp3) is 0.625. The molecule has 1 unspecified atom stereocenters. The van der Waals surface area contributed by atoms with Crippen LogP contribution in [0, 0.1) is 5.92 Å². The molecule has 3 heteroatoms. The Bertz CT molecular complexity index is 369. The van der Waals surface area contributed by atoms with E-state index >= 15 is 0 Å². The third-order valence-corrected chi connectivity index (χ3v) is 3.91. The van der Waals surface area contributed by atoms with Crippen molar-refractivity contribution in [2.45, 2.75) is 58.1 Å². The Hall–Kier alpha value is -1.06. The zero-order chi connectivity index (χ0) is 13.7. The molecule has 0 saturated heterocycles. The van der Waals surface area contributed by atoms with Gasteiger partial charge in [0.15, 0.2) is 0 Å². The molecule has 19 heavy (non-hydrogen) atoms. The molecule has 3 N–H and O–H groups in total. The molecule has 0 spiro atoms. The van der Waals surface area contributed by atoms with Gasteiger partial charge in [0.05, 0.1) is 6.10 Å². The maximum absolute atomic E-state index is 5.77. The normalized spacial score (nSPS) is 18.5. The molecule has 3 nitrogen and oxygen atoms in total. The summed E-state index contributed by atoms with van der Waals surface area (Å²) in [5, 5.41) is 0. The minimum absolute atomic E-state index is 0.215. The van der Waals surface area contributed by atoms with Crippen LogP contribution in [0.15, 0.2) is 24.3 Å². The van der Waals surface area contributed by atoms with Crippen LogP contribution < -0.4 is 16.0 Å². The minimum atomic E-state index is 0.215. The van der Waals surface area contributed by atoms with Crippen molar-refractivity contribution in [2.24, 2.45) is 11.8 Å². The molecule has 1 aliphatic carbocycles. The van der Waals surface area contributed by atoms with Gasteiger partial charge in [-0.3, -0.25) is 11.3 Å². The Morgan fingerprint density at radius 2 is 1.74 bits per heavy atom. The molecule has 1 aliphatic rings. The van der Waals surface area contributed by atoms with Gasteiger partial charge in [-0.15, -0.1) is 0 Å². The molecule has 0 amide bonds. The van der Waals surface area contributed by atoms with E-state index in [9.17, 15) is 0 Å². The van der Waals surface area contributed by atoms with E-state index in [0.29, 0.717) is 5.92 Å². The number of ether oxygens (including phenoxy) is 1. The highest BCUT2D eigenvalue weighted by Crippen LogP contribution is 2.34. The number of hydrogen-bond donors (Lipinski definition) is 2. The number of rotatable bonds is 5. The number of hydrazine groups is 1. The number of benzene rings is 1. The third-order valence-electron chi connectivity index (χ3n) is 3.91. The fourth-order valence-corrected chi connectivity index (χ4v) is 3.00. The van der Waals surface area contributed by atoms with E-state index in [1.165, 1.54) is 37.7 Å². The van der Waals surface area contributed by atoms with E-state index < -0.39 is 0 Å². The Labute approximate surface area is 116 Å². The number of hydrogen-bond acceptors (Lipinski definition) is 3. The van der Waals surface area contributed by atoms with Crippen molar-refractivity contribution in [3.63, 3.8) is 0 Å². The summed E-state index contributed by atoms with van der Waals surface area (Å²) in [6.45, 7) is 4.08. The quantitative estimate of drug-likeness (QED) is 0.630. The molecular weight excluding hydrogens is 236 g/mol. The fourth-order valence-electron chi connectivity index (χ4n) is 3.00. The highest BCUT2D eigenvalue weighted by atomic mass is 16.5. The summed E-state index contributed by atoms with van der Waals surface area (Å²) < 4.78 is 5.68. The van der Waals surface area contributed by atoms with Crippen LogP contribution in [0.1, 0.15) is 57.6 Å². The topological polar surface area (TPSA) is 47.3 Å². The van der Waals surface area contributed by atoms with Gasteiger partial charge in [0, 0.05) is 6.04 Å². The third kappa shape index (κ3) is 3.95. The number of nitrogens with one attached hydrogen (secondary N) is 1. The first kappa shape index (κ1) is 14.4. The molecular formula is C16H26N2O. The summed E-state index contributed by atoms with van der Waals surface area (Å²) in [6.07, 6.45) is 6.80. The van der Waals surface area contributed by atoms with Crippen LogP contribution in [-0.4, -0.2) is 6.10 Å². The average molecular weight is 262 g/mol. The van der Waals surface area contributed by atoms with Crippen molar-refractivity contribution in [3.05, 3.63) is 29.8 Å². The molecule has 1 saturated carbocycles. The largest absolute Gasteiger partial charge is 0.491 e. The summed E-state index contributed by atoms with van der Waals surface area (Å²) in [4.78, 5) is 0. The molecule has 1 atom stereocenters. The van der Waals surface area contributed by atoms with Crippen LogP contribution in [0.2, 0.25) is 0 Å². The maximum atomic E-state index is 5.77. The average Bonchev–Trinajstić information content (AvgIpc) is 2.42. The molecule has 0 bridgehead atoms. The van der Waals surface area contributed by atoms with E-state index in [0.717, 1.165) is 5.75 Å². The first-order chi connectivity index (χ1) is 9.20. The molecule has 0 aromatic heterocycles. The second kappa shape index (κ2) is 6.92. The molecule has 1 aromatic carbocycles. The maximum Gasteiger partial charge on any atom is 0.119 e. The van der Waals surface area contributed by atoms with Crippen molar-refractivity contribution >= 4 is 0 Å². The molecule has 1 fully saturated rings. The summed E-state index contributed by atoms with van der Waals surface area (Å²) >= 11 is 0. The zero-order valence-electron chi connectivity index (χ0n) is 12.1. The molecule has 0 heterocycles. The van der Waals surface area contributed by atoms with E-state index in [2.05, 4.69) is 17.6 Å². The Morgan fingerprint density at radius 1 is 1.11 bits per heavy atom. The summed E-state index contributed by atoms with van der Waals surface area (Å²) in [5.74, 6) is 7.36. The first-order valence-corrected chi connectivity index (χ1v) is 7.43. The Balaban J connectivity index is 2.05. The van der Waals surface area contributed by atoms with E-state index in [4.69, 9.17) is 10.6 Å². The highest BCUT2D eigenvalue weighted by molar-refractivity contribution is 5.29. The molecule has 0 radical (unpaired) electrons. The highest BCUT2D eigenvalue weighted by Gasteiger charge is 2.23. The standard InChI is InChI=1S/C16H26N2O/c1-12(2)19-15-10-8-14(9-11-15)16(18-17)13-6-4-3-5-7-13/h8-13,16,18H,3-7,17H2,1-2H3.